The molecular formula is C20H22N2O7S2. The Labute approximate surface area is 184 Å². The Bertz CT molecular complexity index is 1100. The van der Waals surface area contributed by atoms with Crippen LogP contribution in [0, 0.1) is 6.92 Å². The van der Waals surface area contributed by atoms with E-state index in [0.717, 1.165) is 35.3 Å². The number of carbonyl (C=O) groups excluding carboxylic acids is 2. The summed E-state index contributed by atoms with van der Waals surface area (Å²) in [6.07, 6.45) is -0.469. The average Bonchev–Trinajstić information content (AvgIpc) is 3.23. The molecule has 166 valence electrons. The van der Waals surface area contributed by atoms with Crippen LogP contribution in [0.15, 0.2) is 34.5 Å². The zero-order chi connectivity index (χ0) is 22.2. The number of hydrogen-bond donors (Lipinski definition) is 0. The number of thiophene rings is 1. The molecule has 0 radical (unpaired) electrons. The highest BCUT2D eigenvalue weighted by atomic mass is 32.2. The second kappa shape index (κ2) is 8.48. The molecule has 4 rings (SSSR count). The molecule has 3 heterocycles. The van der Waals surface area contributed by atoms with Gasteiger partial charge in [-0.2, -0.15) is 4.31 Å². The number of nitrogens with zero attached hydrogens (tertiary/aromatic N) is 2. The highest BCUT2D eigenvalue weighted by Gasteiger charge is 2.38. The molecule has 2 aromatic rings. The van der Waals surface area contributed by atoms with Gasteiger partial charge in [-0.3, -0.25) is 4.90 Å². The summed E-state index contributed by atoms with van der Waals surface area (Å²) in [5.41, 5.74) is 2.77. The first-order valence-corrected chi connectivity index (χ1v) is 12.0. The average molecular weight is 467 g/mol. The fourth-order valence-corrected chi connectivity index (χ4v) is 6.60. The molecule has 0 bridgehead atoms. The van der Waals surface area contributed by atoms with E-state index in [0.29, 0.717) is 12.8 Å². The molecule has 0 atom stereocenters. The van der Waals surface area contributed by atoms with Crippen LogP contribution in [-0.2, 0) is 26.1 Å². The zero-order valence-corrected chi connectivity index (χ0v) is 18.7. The summed E-state index contributed by atoms with van der Waals surface area (Å²) in [5.74, 6) is 0. The standard InChI is InChI=1S/C20H22N2O7S2/c1-13-4-3-5-14-12-28-19(23)22(17(13)14)15-6-9-21(10-7-15)31(25,26)16-8-11-30-18(16)29-20(24)27-2/h3-5,8,11,15H,6-7,9-10,12H2,1-2H3. The zero-order valence-electron chi connectivity index (χ0n) is 17.1. The van der Waals surface area contributed by atoms with E-state index in [9.17, 15) is 18.0 Å². The van der Waals surface area contributed by atoms with Gasteiger partial charge in [0.15, 0.2) is 0 Å². The first-order chi connectivity index (χ1) is 14.8. The van der Waals surface area contributed by atoms with Crippen LogP contribution in [0.2, 0.25) is 0 Å². The molecule has 2 aliphatic heterocycles. The van der Waals surface area contributed by atoms with E-state index in [-0.39, 0.29) is 35.7 Å². The van der Waals surface area contributed by atoms with Crippen molar-refractivity contribution in [2.24, 2.45) is 0 Å². The number of fused-ring (bicyclic) bond motifs is 1. The number of cyclic esters (lactones) is 1. The minimum absolute atomic E-state index is 0.0295. The van der Waals surface area contributed by atoms with Gasteiger partial charge < -0.3 is 14.2 Å². The highest BCUT2D eigenvalue weighted by molar-refractivity contribution is 7.89. The van der Waals surface area contributed by atoms with Crippen LogP contribution in [0.25, 0.3) is 0 Å². The molecule has 0 saturated carbocycles. The molecule has 1 amide bonds. The van der Waals surface area contributed by atoms with E-state index >= 15 is 0 Å². The number of sulfonamides is 1. The van der Waals surface area contributed by atoms with E-state index in [1.165, 1.54) is 10.4 Å². The molecule has 0 unspecified atom stereocenters. The molecule has 31 heavy (non-hydrogen) atoms. The lowest BCUT2D eigenvalue weighted by atomic mass is 10.00. The highest BCUT2D eigenvalue weighted by Crippen LogP contribution is 2.37. The summed E-state index contributed by atoms with van der Waals surface area (Å²) >= 11 is 1.00. The van der Waals surface area contributed by atoms with Crippen LogP contribution in [0.1, 0.15) is 24.0 Å². The number of amides is 1. The van der Waals surface area contributed by atoms with Gasteiger partial charge in [0.1, 0.15) is 11.5 Å². The number of rotatable bonds is 4. The lowest BCUT2D eigenvalue weighted by Crippen LogP contribution is -2.50. The van der Waals surface area contributed by atoms with Crippen LogP contribution >= 0.6 is 11.3 Å². The Morgan fingerprint density at radius 2 is 1.97 bits per heavy atom. The van der Waals surface area contributed by atoms with Crippen molar-refractivity contribution in [3.8, 4) is 5.06 Å². The summed E-state index contributed by atoms with van der Waals surface area (Å²) in [7, 11) is -2.71. The fraction of sp³-hybridized carbons (Fsp3) is 0.400. The molecule has 1 aromatic heterocycles. The maximum atomic E-state index is 13.1. The first-order valence-electron chi connectivity index (χ1n) is 9.71. The van der Waals surface area contributed by atoms with Gasteiger partial charge >= 0.3 is 12.2 Å². The van der Waals surface area contributed by atoms with Crippen LogP contribution in [0.3, 0.4) is 0 Å². The van der Waals surface area contributed by atoms with Gasteiger partial charge in [0.2, 0.25) is 15.1 Å². The smallest absolute Gasteiger partial charge is 0.444 e. The Morgan fingerprint density at radius 3 is 2.68 bits per heavy atom. The number of methoxy groups -OCH3 is 1. The van der Waals surface area contributed by atoms with Crippen molar-refractivity contribution in [2.45, 2.75) is 37.3 Å². The lowest BCUT2D eigenvalue weighted by Gasteiger charge is -2.40. The van der Waals surface area contributed by atoms with Gasteiger partial charge in [0.25, 0.3) is 0 Å². The summed E-state index contributed by atoms with van der Waals surface area (Å²) in [6, 6.07) is 7.04. The topological polar surface area (TPSA) is 102 Å². The molecule has 0 aliphatic carbocycles. The van der Waals surface area contributed by atoms with Gasteiger partial charge in [-0.05, 0) is 36.8 Å². The first kappa shape index (κ1) is 21.6. The van der Waals surface area contributed by atoms with Crippen molar-refractivity contribution in [3.05, 3.63) is 40.8 Å². The van der Waals surface area contributed by atoms with E-state index in [1.807, 2.05) is 25.1 Å². The summed E-state index contributed by atoms with van der Waals surface area (Å²) in [5, 5.41) is 1.51. The van der Waals surface area contributed by atoms with Crippen LogP contribution in [0.4, 0.5) is 15.3 Å². The Morgan fingerprint density at radius 1 is 1.23 bits per heavy atom. The molecule has 9 nitrogen and oxygen atoms in total. The van der Waals surface area contributed by atoms with Crippen LogP contribution in [-0.4, -0.2) is 51.2 Å². The monoisotopic (exact) mass is 466 g/mol. The molecule has 2 aliphatic rings. The normalized spacial score (nSPS) is 17.7. The Balaban J connectivity index is 1.52. The number of aryl methyl sites for hydroxylation is 1. The summed E-state index contributed by atoms with van der Waals surface area (Å²) in [4.78, 5) is 25.6. The fourth-order valence-electron chi connectivity index (χ4n) is 3.96. The second-order valence-corrected chi connectivity index (χ2v) is 10.1. The summed E-state index contributed by atoms with van der Waals surface area (Å²) < 4.78 is 42.4. The lowest BCUT2D eigenvalue weighted by molar-refractivity contribution is 0.122. The number of carbonyl (C=O) groups is 2. The molecular weight excluding hydrogens is 444 g/mol. The molecule has 11 heteroatoms. The van der Waals surface area contributed by atoms with Crippen LogP contribution < -0.4 is 9.64 Å². The van der Waals surface area contributed by atoms with Gasteiger partial charge in [-0.1, -0.05) is 18.2 Å². The van der Waals surface area contributed by atoms with E-state index in [4.69, 9.17) is 9.47 Å². The number of benzene rings is 1. The van der Waals surface area contributed by atoms with Crippen molar-refractivity contribution < 1.29 is 32.2 Å². The van der Waals surface area contributed by atoms with Crippen molar-refractivity contribution >= 4 is 39.3 Å². The quantitative estimate of drug-likeness (QED) is 0.635. The number of anilines is 1. The predicted octanol–water partition coefficient (Wildman–Crippen LogP) is 3.51. The Hall–Kier alpha value is -2.63. The number of piperidine rings is 1. The third-order valence-electron chi connectivity index (χ3n) is 5.45. The largest absolute Gasteiger partial charge is 0.514 e. The van der Waals surface area contributed by atoms with Crippen molar-refractivity contribution in [3.63, 3.8) is 0 Å². The maximum absolute atomic E-state index is 13.1. The van der Waals surface area contributed by atoms with Gasteiger partial charge in [-0.25, -0.2) is 18.0 Å². The van der Waals surface area contributed by atoms with Gasteiger partial charge in [-0.15, -0.1) is 11.3 Å². The minimum Gasteiger partial charge on any atom is -0.444 e. The van der Waals surface area contributed by atoms with Gasteiger partial charge in [0.05, 0.1) is 12.8 Å². The predicted molar refractivity (Wildman–Crippen MR) is 113 cm³/mol. The second-order valence-electron chi connectivity index (χ2n) is 7.27. The van der Waals surface area contributed by atoms with E-state index in [2.05, 4.69) is 4.74 Å². The molecule has 1 aromatic carbocycles. The van der Waals surface area contributed by atoms with Crippen molar-refractivity contribution in [1.82, 2.24) is 4.31 Å². The van der Waals surface area contributed by atoms with E-state index in [1.54, 1.807) is 10.3 Å². The van der Waals surface area contributed by atoms with Crippen molar-refractivity contribution in [1.29, 1.82) is 0 Å². The molecule has 1 fully saturated rings. The molecule has 0 N–H and O–H groups in total. The maximum Gasteiger partial charge on any atom is 0.514 e. The summed E-state index contributed by atoms with van der Waals surface area (Å²) in [6.45, 7) is 2.64. The third kappa shape index (κ3) is 4.00. The van der Waals surface area contributed by atoms with Gasteiger partial charge in [0, 0.05) is 24.7 Å². The molecule has 1 saturated heterocycles. The molecule has 0 spiro atoms. The van der Waals surface area contributed by atoms with Crippen molar-refractivity contribution in [2.75, 3.05) is 25.1 Å². The SMILES string of the molecule is COC(=O)Oc1sccc1S(=O)(=O)N1CCC(N2C(=O)OCc3cccc(C)c32)CC1. The Kier molecular flexibility index (Phi) is 5.91. The third-order valence-corrected chi connectivity index (χ3v) is 8.30. The minimum atomic E-state index is -3.86. The number of ether oxygens (including phenoxy) is 3. The van der Waals surface area contributed by atoms with E-state index < -0.39 is 22.3 Å². The number of para-hydroxylation sites is 1. The number of hydrogen-bond acceptors (Lipinski definition) is 8. The van der Waals surface area contributed by atoms with Crippen LogP contribution in [0.5, 0.6) is 5.06 Å².